The van der Waals surface area contributed by atoms with Crippen LogP contribution in [0.1, 0.15) is 17.3 Å². The van der Waals surface area contributed by atoms with Crippen LogP contribution in [0, 0.1) is 13.8 Å². The highest BCUT2D eigenvalue weighted by atomic mass is 35.5. The molecule has 0 saturated carbocycles. The van der Waals surface area contributed by atoms with Crippen molar-refractivity contribution in [2.75, 3.05) is 5.43 Å². The van der Waals surface area contributed by atoms with Crippen molar-refractivity contribution in [3.8, 4) is 0 Å². The summed E-state index contributed by atoms with van der Waals surface area (Å²) in [6.45, 7) is 3.47. The molecule has 114 valence electrons. The van der Waals surface area contributed by atoms with Crippen LogP contribution in [-0.4, -0.2) is 18.4 Å². The Bertz CT molecular complexity index is 740. The molecule has 2 heterocycles. The first-order valence-electron chi connectivity index (χ1n) is 5.88. The Morgan fingerprint density at radius 3 is 2.67 bits per heavy atom. The van der Waals surface area contributed by atoms with E-state index in [1.165, 1.54) is 6.07 Å². The molecular weight excluding hydrogens is 318 g/mol. The van der Waals surface area contributed by atoms with Gasteiger partial charge in [0.1, 0.15) is 10.7 Å². The van der Waals surface area contributed by atoms with Gasteiger partial charge in [-0.15, -0.1) is 0 Å². The number of halogens is 1. The van der Waals surface area contributed by atoms with E-state index in [1.54, 1.807) is 13.8 Å². The zero-order valence-electron chi connectivity index (χ0n) is 11.3. The summed E-state index contributed by atoms with van der Waals surface area (Å²) in [5, 5.41) is 0.100. The summed E-state index contributed by atoms with van der Waals surface area (Å²) in [4.78, 5) is 7.82. The molecule has 0 aromatic carbocycles. The Morgan fingerprint density at radius 2 is 2.14 bits per heavy atom. The summed E-state index contributed by atoms with van der Waals surface area (Å²) in [5.74, 6) is 6.30. The lowest BCUT2D eigenvalue weighted by molar-refractivity contribution is 0.463. The van der Waals surface area contributed by atoms with Gasteiger partial charge >= 0.3 is 0 Å². The van der Waals surface area contributed by atoms with Gasteiger partial charge in [0.2, 0.25) is 15.9 Å². The molecule has 0 aliphatic heterocycles. The molecule has 0 saturated heterocycles. The normalized spacial score (nSPS) is 11.6. The number of nitrogens with two attached hydrogens (primary N) is 1. The van der Waals surface area contributed by atoms with Crippen LogP contribution in [0.25, 0.3) is 0 Å². The average Bonchev–Trinajstić information content (AvgIpc) is 2.76. The second-order valence-electron chi connectivity index (χ2n) is 4.22. The number of rotatable bonds is 5. The number of oxazole rings is 1. The van der Waals surface area contributed by atoms with E-state index in [9.17, 15) is 8.42 Å². The molecule has 0 fully saturated rings. The number of hydrogen-bond acceptors (Lipinski definition) is 7. The number of pyridine rings is 1. The minimum Gasteiger partial charge on any atom is -0.444 e. The van der Waals surface area contributed by atoms with Crippen molar-refractivity contribution in [3.63, 3.8) is 0 Å². The summed E-state index contributed by atoms with van der Waals surface area (Å²) in [7, 11) is -3.78. The minimum absolute atomic E-state index is 0.0640. The number of nitrogen functional groups attached to an aromatic ring is 1. The molecule has 4 N–H and O–H groups in total. The van der Waals surface area contributed by atoms with E-state index in [2.05, 4.69) is 20.1 Å². The monoisotopic (exact) mass is 331 g/mol. The van der Waals surface area contributed by atoms with Gasteiger partial charge in [-0.3, -0.25) is 0 Å². The molecule has 21 heavy (non-hydrogen) atoms. The van der Waals surface area contributed by atoms with Gasteiger partial charge in [0, 0.05) is 6.20 Å². The zero-order chi connectivity index (χ0) is 15.6. The van der Waals surface area contributed by atoms with Gasteiger partial charge in [-0.1, -0.05) is 11.6 Å². The molecule has 0 aliphatic carbocycles. The quantitative estimate of drug-likeness (QED) is 0.553. The Kier molecular flexibility index (Phi) is 4.47. The standard InChI is InChI=1S/C11H14ClN5O3S/c1-6-7(2)20-10(16-6)5-15-21(18,19)8-3-9(12)11(17-13)14-4-8/h3-4,15H,5,13H2,1-2H3,(H,14,17). The number of hydrogen-bond donors (Lipinski definition) is 3. The maximum Gasteiger partial charge on any atom is 0.242 e. The fraction of sp³-hybridized carbons (Fsp3) is 0.273. The SMILES string of the molecule is Cc1nc(CNS(=O)(=O)c2cnc(NN)c(Cl)c2)oc1C. The molecule has 10 heteroatoms. The van der Waals surface area contributed by atoms with Crippen LogP contribution < -0.4 is 16.0 Å². The fourth-order valence-corrected chi connectivity index (χ4v) is 2.76. The van der Waals surface area contributed by atoms with Gasteiger partial charge in [0.25, 0.3) is 0 Å². The van der Waals surface area contributed by atoms with Crippen LogP contribution in [0.15, 0.2) is 21.6 Å². The lowest BCUT2D eigenvalue weighted by atomic mass is 10.4. The van der Waals surface area contributed by atoms with Crippen molar-refractivity contribution >= 4 is 27.4 Å². The predicted octanol–water partition coefficient (Wildman–Crippen LogP) is 1.10. The van der Waals surface area contributed by atoms with E-state index in [-0.39, 0.29) is 28.2 Å². The first-order chi connectivity index (χ1) is 9.83. The summed E-state index contributed by atoms with van der Waals surface area (Å²) >= 11 is 5.85. The summed E-state index contributed by atoms with van der Waals surface area (Å²) in [6.07, 6.45) is 1.15. The van der Waals surface area contributed by atoms with Crippen LogP contribution in [0.5, 0.6) is 0 Å². The molecule has 0 bridgehead atoms. The van der Waals surface area contributed by atoms with Gasteiger partial charge in [-0.2, -0.15) is 0 Å². The van der Waals surface area contributed by atoms with E-state index < -0.39 is 10.0 Å². The first-order valence-corrected chi connectivity index (χ1v) is 7.74. The number of nitrogens with one attached hydrogen (secondary N) is 2. The number of aryl methyl sites for hydroxylation is 2. The number of nitrogens with zero attached hydrogens (tertiary/aromatic N) is 2. The van der Waals surface area contributed by atoms with Crippen molar-refractivity contribution < 1.29 is 12.8 Å². The van der Waals surface area contributed by atoms with E-state index >= 15 is 0 Å². The van der Waals surface area contributed by atoms with Gasteiger partial charge in [-0.25, -0.2) is 29.0 Å². The summed E-state index contributed by atoms with van der Waals surface area (Å²) < 4.78 is 31.9. The maximum atomic E-state index is 12.1. The van der Waals surface area contributed by atoms with Crippen LogP contribution in [0.3, 0.4) is 0 Å². The first kappa shape index (κ1) is 15.7. The second-order valence-corrected chi connectivity index (χ2v) is 6.39. The Hall–Kier alpha value is -1.68. The average molecular weight is 332 g/mol. The fourth-order valence-electron chi connectivity index (χ4n) is 1.53. The Labute approximate surface area is 126 Å². The molecule has 0 aliphatic rings. The predicted molar refractivity (Wildman–Crippen MR) is 77.1 cm³/mol. The lowest BCUT2D eigenvalue weighted by Crippen LogP contribution is -2.23. The molecule has 2 aromatic rings. The molecule has 2 rings (SSSR count). The largest absolute Gasteiger partial charge is 0.444 e. The van der Waals surface area contributed by atoms with E-state index in [4.69, 9.17) is 21.9 Å². The van der Waals surface area contributed by atoms with Crippen LogP contribution in [0.2, 0.25) is 5.02 Å². The van der Waals surface area contributed by atoms with Gasteiger partial charge in [-0.05, 0) is 19.9 Å². The molecule has 0 amide bonds. The van der Waals surface area contributed by atoms with Crippen molar-refractivity contribution in [1.29, 1.82) is 0 Å². The lowest BCUT2D eigenvalue weighted by Gasteiger charge is -2.07. The van der Waals surface area contributed by atoms with Crippen molar-refractivity contribution in [1.82, 2.24) is 14.7 Å². The third kappa shape index (κ3) is 3.50. The smallest absolute Gasteiger partial charge is 0.242 e. The Morgan fingerprint density at radius 1 is 1.43 bits per heavy atom. The number of sulfonamides is 1. The number of anilines is 1. The van der Waals surface area contributed by atoms with Crippen molar-refractivity contribution in [2.24, 2.45) is 5.84 Å². The summed E-state index contributed by atoms with van der Waals surface area (Å²) in [6, 6.07) is 1.25. The van der Waals surface area contributed by atoms with Crippen LogP contribution in [0.4, 0.5) is 5.82 Å². The highest BCUT2D eigenvalue weighted by Crippen LogP contribution is 2.21. The molecule has 2 aromatic heterocycles. The molecule has 0 atom stereocenters. The van der Waals surface area contributed by atoms with Gasteiger partial charge < -0.3 is 9.84 Å². The van der Waals surface area contributed by atoms with E-state index in [0.29, 0.717) is 11.5 Å². The highest BCUT2D eigenvalue weighted by molar-refractivity contribution is 7.89. The number of aromatic nitrogens is 2. The van der Waals surface area contributed by atoms with Gasteiger partial charge in [0.05, 0.1) is 17.3 Å². The summed E-state index contributed by atoms with van der Waals surface area (Å²) in [5.41, 5.74) is 2.97. The zero-order valence-corrected chi connectivity index (χ0v) is 12.9. The minimum atomic E-state index is -3.78. The molecule has 8 nitrogen and oxygen atoms in total. The van der Waals surface area contributed by atoms with Crippen LogP contribution >= 0.6 is 11.6 Å². The molecular formula is C11H14ClN5O3S. The Balaban J connectivity index is 2.16. The van der Waals surface area contributed by atoms with Crippen molar-refractivity contribution in [3.05, 3.63) is 34.6 Å². The van der Waals surface area contributed by atoms with E-state index in [1.807, 2.05) is 0 Å². The molecule has 0 radical (unpaired) electrons. The highest BCUT2D eigenvalue weighted by Gasteiger charge is 2.18. The number of hydrazine groups is 1. The second kappa shape index (κ2) is 5.98. The third-order valence-electron chi connectivity index (χ3n) is 2.75. The van der Waals surface area contributed by atoms with E-state index in [0.717, 1.165) is 6.20 Å². The molecule has 0 spiro atoms. The molecule has 0 unspecified atom stereocenters. The maximum absolute atomic E-state index is 12.1. The van der Waals surface area contributed by atoms with Gasteiger partial charge in [0.15, 0.2) is 5.82 Å². The topological polar surface area (TPSA) is 123 Å². The van der Waals surface area contributed by atoms with Crippen molar-refractivity contribution in [2.45, 2.75) is 25.3 Å². The van der Waals surface area contributed by atoms with Crippen LogP contribution in [-0.2, 0) is 16.6 Å². The third-order valence-corrected chi connectivity index (χ3v) is 4.41.